The summed E-state index contributed by atoms with van der Waals surface area (Å²) in [5, 5.41) is 13.0. The highest BCUT2D eigenvalue weighted by atomic mass is 32.1. The first-order valence-electron chi connectivity index (χ1n) is 13.0. The van der Waals surface area contributed by atoms with Gasteiger partial charge in [-0.25, -0.2) is 4.99 Å². The number of allylic oxidation sites excluding steroid dienone is 1. The van der Waals surface area contributed by atoms with E-state index in [2.05, 4.69) is 10.3 Å². The second-order valence-electron chi connectivity index (χ2n) is 9.06. The number of para-hydroxylation sites is 1. The van der Waals surface area contributed by atoms with Crippen LogP contribution in [0.2, 0.25) is 0 Å². The minimum atomic E-state index is -0.698. The van der Waals surface area contributed by atoms with Crippen LogP contribution >= 0.6 is 11.3 Å². The van der Waals surface area contributed by atoms with Crippen molar-refractivity contribution in [2.45, 2.75) is 26.8 Å². The summed E-state index contributed by atoms with van der Waals surface area (Å²) in [6.07, 6.45) is 1.74. The van der Waals surface area contributed by atoms with Gasteiger partial charge in [0.15, 0.2) is 16.3 Å². The van der Waals surface area contributed by atoms with E-state index < -0.39 is 6.04 Å². The van der Waals surface area contributed by atoms with Gasteiger partial charge in [-0.1, -0.05) is 47.7 Å². The maximum absolute atomic E-state index is 13.9. The molecule has 9 heteroatoms. The van der Waals surface area contributed by atoms with Gasteiger partial charge in [0.1, 0.15) is 5.75 Å². The second-order valence-corrected chi connectivity index (χ2v) is 10.1. The number of carbonyl (C=O) groups is 1. The fourth-order valence-corrected chi connectivity index (χ4v) is 5.65. The van der Waals surface area contributed by atoms with Gasteiger partial charge in [-0.15, -0.1) is 0 Å². The summed E-state index contributed by atoms with van der Waals surface area (Å²) in [7, 11) is 0. The van der Waals surface area contributed by atoms with Crippen LogP contribution in [0.25, 0.3) is 6.08 Å². The number of hydrogen-bond acceptors (Lipinski definition) is 7. The number of thiazole rings is 1. The number of hydrogen-bond donors (Lipinski definition) is 2. The highest BCUT2D eigenvalue weighted by molar-refractivity contribution is 7.07. The van der Waals surface area contributed by atoms with Gasteiger partial charge in [0.25, 0.3) is 11.5 Å². The standard InChI is InChI=1S/C31H29N3O5S/c1-4-38-23-14-12-21(13-15-23)28-27(29(36)33-22-9-7-6-8-10-22)19(3)32-31-34(28)30(37)26(40-31)18-20-11-16-24(35)25(17-20)39-5-2/h6-18,28,35H,4-5H2,1-3H3,(H,33,36)/b26-18-/t28-/m0/s1. The predicted octanol–water partition coefficient (Wildman–Crippen LogP) is 4.38. The molecule has 40 heavy (non-hydrogen) atoms. The van der Waals surface area contributed by atoms with Crippen molar-refractivity contribution in [1.29, 1.82) is 0 Å². The van der Waals surface area contributed by atoms with Gasteiger partial charge >= 0.3 is 0 Å². The van der Waals surface area contributed by atoms with Crippen molar-refractivity contribution in [1.82, 2.24) is 4.57 Å². The number of benzene rings is 3. The number of nitrogens with zero attached hydrogens (tertiary/aromatic N) is 2. The summed E-state index contributed by atoms with van der Waals surface area (Å²) >= 11 is 1.25. The Morgan fingerprint density at radius 3 is 2.48 bits per heavy atom. The summed E-state index contributed by atoms with van der Waals surface area (Å²) in [5.74, 6) is 0.736. The van der Waals surface area contributed by atoms with Crippen molar-refractivity contribution in [3.05, 3.63) is 115 Å². The Kier molecular flexibility index (Phi) is 7.84. The van der Waals surface area contributed by atoms with Crippen LogP contribution in [-0.2, 0) is 4.79 Å². The number of amides is 1. The van der Waals surface area contributed by atoms with E-state index in [1.165, 1.54) is 17.4 Å². The smallest absolute Gasteiger partial charge is 0.271 e. The zero-order valence-corrected chi connectivity index (χ0v) is 23.2. The van der Waals surface area contributed by atoms with Gasteiger partial charge in [0.2, 0.25) is 0 Å². The van der Waals surface area contributed by atoms with Crippen molar-refractivity contribution in [2.24, 2.45) is 4.99 Å². The van der Waals surface area contributed by atoms with Gasteiger partial charge in [0, 0.05) is 5.69 Å². The van der Waals surface area contributed by atoms with Crippen LogP contribution in [-0.4, -0.2) is 28.8 Å². The molecule has 5 rings (SSSR count). The normalized spacial score (nSPS) is 14.9. The zero-order chi connectivity index (χ0) is 28.2. The van der Waals surface area contributed by atoms with E-state index in [4.69, 9.17) is 9.47 Å². The first kappa shape index (κ1) is 27.0. The molecule has 8 nitrogen and oxygen atoms in total. The molecule has 1 aromatic heterocycles. The van der Waals surface area contributed by atoms with Crippen LogP contribution in [0.15, 0.2) is 93.9 Å². The number of carbonyl (C=O) groups excluding carboxylic acids is 1. The SMILES string of the molecule is CCOc1ccc([C@H]2C(C(=O)Nc3ccccc3)=C(C)N=c3s/c(=C\c4ccc(O)c(OCC)c4)c(=O)n32)cc1. The quantitative estimate of drug-likeness (QED) is 0.336. The first-order valence-corrected chi connectivity index (χ1v) is 13.8. The molecule has 0 saturated carbocycles. The number of phenolic OH excluding ortho intramolecular Hbond substituents is 1. The number of anilines is 1. The minimum Gasteiger partial charge on any atom is -0.504 e. The molecule has 0 spiro atoms. The number of fused-ring (bicyclic) bond motifs is 1. The number of rotatable bonds is 8. The molecule has 0 radical (unpaired) electrons. The molecular weight excluding hydrogens is 526 g/mol. The predicted molar refractivity (Wildman–Crippen MR) is 156 cm³/mol. The Morgan fingerprint density at radius 2 is 1.77 bits per heavy atom. The summed E-state index contributed by atoms with van der Waals surface area (Å²) in [6, 6.07) is 20.8. The lowest BCUT2D eigenvalue weighted by Crippen LogP contribution is -2.40. The molecule has 0 saturated heterocycles. The maximum atomic E-state index is 13.9. The number of aromatic nitrogens is 1. The van der Waals surface area contributed by atoms with Crippen molar-refractivity contribution in [3.8, 4) is 17.2 Å². The average molecular weight is 556 g/mol. The topological polar surface area (TPSA) is 102 Å². The minimum absolute atomic E-state index is 0.0284. The van der Waals surface area contributed by atoms with Crippen molar-refractivity contribution >= 4 is 29.0 Å². The van der Waals surface area contributed by atoms with E-state index in [0.29, 0.717) is 56.6 Å². The molecule has 3 aromatic carbocycles. The number of ether oxygens (including phenoxy) is 2. The number of nitrogens with one attached hydrogen (secondary N) is 1. The molecule has 1 aliphatic rings. The highest BCUT2D eigenvalue weighted by Gasteiger charge is 2.32. The third-order valence-corrected chi connectivity index (χ3v) is 7.37. The van der Waals surface area contributed by atoms with Crippen LogP contribution in [0.3, 0.4) is 0 Å². The van der Waals surface area contributed by atoms with E-state index in [1.54, 1.807) is 29.7 Å². The Labute approximate surface area is 235 Å². The lowest BCUT2D eigenvalue weighted by molar-refractivity contribution is -0.113. The van der Waals surface area contributed by atoms with Gasteiger partial charge in [0.05, 0.1) is 35.1 Å². The van der Waals surface area contributed by atoms with Gasteiger partial charge in [-0.3, -0.25) is 14.2 Å². The van der Waals surface area contributed by atoms with Crippen molar-refractivity contribution in [2.75, 3.05) is 18.5 Å². The Hall–Kier alpha value is -4.63. The number of aromatic hydroxyl groups is 1. The third kappa shape index (κ3) is 5.41. The second kappa shape index (κ2) is 11.6. The Balaban J connectivity index is 1.64. The molecule has 2 heterocycles. The fraction of sp³-hybridized carbons (Fsp3) is 0.194. The van der Waals surface area contributed by atoms with E-state index in [9.17, 15) is 14.7 Å². The molecule has 0 fully saturated rings. The Bertz CT molecular complexity index is 1760. The summed E-state index contributed by atoms with van der Waals surface area (Å²) in [5.41, 5.74) is 2.74. The lowest BCUT2D eigenvalue weighted by atomic mass is 9.95. The van der Waals surface area contributed by atoms with E-state index in [0.717, 1.165) is 5.56 Å². The molecule has 0 bridgehead atoms. The molecule has 1 aliphatic heterocycles. The summed E-state index contributed by atoms with van der Waals surface area (Å²) in [4.78, 5) is 32.8. The third-order valence-electron chi connectivity index (χ3n) is 6.39. The van der Waals surface area contributed by atoms with Crippen molar-refractivity contribution in [3.63, 3.8) is 0 Å². The number of phenols is 1. The molecule has 2 N–H and O–H groups in total. The van der Waals surface area contributed by atoms with Gasteiger partial charge in [-0.2, -0.15) is 0 Å². The largest absolute Gasteiger partial charge is 0.504 e. The fourth-order valence-electron chi connectivity index (χ4n) is 4.60. The molecular formula is C31H29N3O5S. The van der Waals surface area contributed by atoms with Crippen molar-refractivity contribution < 1.29 is 19.4 Å². The lowest BCUT2D eigenvalue weighted by Gasteiger charge is -2.25. The van der Waals surface area contributed by atoms with Crippen LogP contribution in [0.4, 0.5) is 5.69 Å². The summed E-state index contributed by atoms with van der Waals surface area (Å²) in [6.45, 7) is 6.45. The maximum Gasteiger partial charge on any atom is 0.271 e. The first-order chi connectivity index (χ1) is 19.4. The molecule has 1 amide bonds. The Morgan fingerprint density at radius 1 is 1.05 bits per heavy atom. The van der Waals surface area contributed by atoms with Gasteiger partial charge in [-0.05, 0) is 74.4 Å². The van der Waals surface area contributed by atoms with E-state index in [-0.39, 0.29) is 17.2 Å². The molecule has 4 aromatic rings. The molecule has 1 atom stereocenters. The molecule has 204 valence electrons. The van der Waals surface area contributed by atoms with E-state index >= 15 is 0 Å². The van der Waals surface area contributed by atoms with Crippen LogP contribution in [0, 0.1) is 0 Å². The molecule has 0 aliphatic carbocycles. The molecule has 0 unspecified atom stereocenters. The zero-order valence-electron chi connectivity index (χ0n) is 22.4. The highest BCUT2D eigenvalue weighted by Crippen LogP contribution is 2.32. The monoisotopic (exact) mass is 555 g/mol. The van der Waals surface area contributed by atoms with Gasteiger partial charge < -0.3 is 19.9 Å². The van der Waals surface area contributed by atoms with Crippen LogP contribution in [0.1, 0.15) is 37.9 Å². The van der Waals surface area contributed by atoms with Crippen LogP contribution in [0.5, 0.6) is 17.2 Å². The average Bonchev–Trinajstić information content (AvgIpc) is 3.25. The van der Waals surface area contributed by atoms with E-state index in [1.807, 2.05) is 68.4 Å². The summed E-state index contributed by atoms with van der Waals surface area (Å²) < 4.78 is 13.1. The van der Waals surface area contributed by atoms with Crippen LogP contribution < -0.4 is 29.7 Å².